The zero-order chi connectivity index (χ0) is 17.7. The van der Waals surface area contributed by atoms with Gasteiger partial charge in [0.15, 0.2) is 5.78 Å². The summed E-state index contributed by atoms with van der Waals surface area (Å²) in [6, 6.07) is 12.5. The molecule has 1 atom stereocenters. The first kappa shape index (κ1) is 17.9. The minimum absolute atomic E-state index is 0.0685. The molecule has 2 rings (SSSR count). The number of anilines is 1. The standard InChI is InChI=1S/C19H23FN2O2/c1-13(23)19-16(20)6-5-7-17(19)21-12-18(22(2)3)14-8-10-15(24-4)11-9-14/h5-11,18,21H,12H2,1-4H3. The molecule has 0 fully saturated rings. The average molecular weight is 330 g/mol. The second kappa shape index (κ2) is 7.93. The highest BCUT2D eigenvalue weighted by atomic mass is 19.1. The zero-order valence-corrected chi connectivity index (χ0v) is 14.5. The first-order valence-electron chi connectivity index (χ1n) is 7.77. The Morgan fingerprint density at radius 2 is 1.88 bits per heavy atom. The number of likely N-dealkylation sites (N-methyl/N-ethyl adjacent to an activating group) is 1. The second-order valence-electron chi connectivity index (χ2n) is 5.85. The Hall–Kier alpha value is -2.40. The lowest BCUT2D eigenvalue weighted by atomic mass is 10.0. The highest BCUT2D eigenvalue weighted by molar-refractivity contribution is 5.99. The molecule has 5 heteroatoms. The summed E-state index contributed by atoms with van der Waals surface area (Å²) in [6.45, 7) is 1.92. The van der Waals surface area contributed by atoms with E-state index >= 15 is 0 Å². The molecule has 1 unspecified atom stereocenters. The van der Waals surface area contributed by atoms with Crippen LogP contribution in [0.3, 0.4) is 0 Å². The van der Waals surface area contributed by atoms with Crippen LogP contribution in [-0.4, -0.2) is 38.4 Å². The first-order chi connectivity index (χ1) is 11.4. The molecule has 128 valence electrons. The Morgan fingerprint density at radius 1 is 1.21 bits per heavy atom. The monoisotopic (exact) mass is 330 g/mol. The van der Waals surface area contributed by atoms with Crippen LogP contribution in [0.5, 0.6) is 5.75 Å². The summed E-state index contributed by atoms with van der Waals surface area (Å²) in [5, 5.41) is 3.21. The molecule has 24 heavy (non-hydrogen) atoms. The number of ether oxygens (including phenoxy) is 1. The van der Waals surface area contributed by atoms with Crippen molar-refractivity contribution in [3.63, 3.8) is 0 Å². The molecule has 2 aromatic rings. The fraction of sp³-hybridized carbons (Fsp3) is 0.316. The number of benzene rings is 2. The highest BCUT2D eigenvalue weighted by Gasteiger charge is 2.17. The maximum absolute atomic E-state index is 13.9. The molecule has 0 bridgehead atoms. The van der Waals surface area contributed by atoms with Crippen molar-refractivity contribution in [1.82, 2.24) is 4.90 Å². The van der Waals surface area contributed by atoms with E-state index < -0.39 is 5.82 Å². The number of nitrogens with zero attached hydrogens (tertiary/aromatic N) is 1. The van der Waals surface area contributed by atoms with Crippen LogP contribution >= 0.6 is 0 Å². The molecule has 0 spiro atoms. The van der Waals surface area contributed by atoms with E-state index in [0.717, 1.165) is 11.3 Å². The number of methoxy groups -OCH3 is 1. The second-order valence-corrected chi connectivity index (χ2v) is 5.85. The van der Waals surface area contributed by atoms with E-state index in [1.165, 1.54) is 13.0 Å². The lowest BCUT2D eigenvalue weighted by molar-refractivity contribution is 0.101. The molecule has 2 aromatic carbocycles. The van der Waals surface area contributed by atoms with E-state index in [1.807, 2.05) is 38.4 Å². The van der Waals surface area contributed by atoms with Crippen LogP contribution < -0.4 is 10.1 Å². The molecule has 1 N–H and O–H groups in total. The summed E-state index contributed by atoms with van der Waals surface area (Å²) >= 11 is 0. The van der Waals surface area contributed by atoms with Crippen LogP contribution in [0.15, 0.2) is 42.5 Å². The van der Waals surface area contributed by atoms with Crippen LogP contribution in [-0.2, 0) is 0 Å². The fourth-order valence-electron chi connectivity index (χ4n) is 2.66. The van der Waals surface area contributed by atoms with Crippen molar-refractivity contribution in [1.29, 1.82) is 0 Å². The van der Waals surface area contributed by atoms with Gasteiger partial charge < -0.3 is 15.0 Å². The minimum atomic E-state index is -0.502. The van der Waals surface area contributed by atoms with Gasteiger partial charge in [0.1, 0.15) is 11.6 Å². The molecule has 0 aliphatic carbocycles. The van der Waals surface area contributed by atoms with Crippen molar-refractivity contribution < 1.29 is 13.9 Å². The van der Waals surface area contributed by atoms with Gasteiger partial charge in [0, 0.05) is 12.2 Å². The van der Waals surface area contributed by atoms with Gasteiger partial charge in [-0.1, -0.05) is 18.2 Å². The number of carbonyl (C=O) groups excluding carboxylic acids is 1. The Bertz CT molecular complexity index is 699. The summed E-state index contributed by atoms with van der Waals surface area (Å²) in [4.78, 5) is 13.8. The summed E-state index contributed by atoms with van der Waals surface area (Å²) < 4.78 is 19.1. The number of Topliss-reactive ketones (excluding diaryl/α,β-unsaturated/α-hetero) is 1. The minimum Gasteiger partial charge on any atom is -0.497 e. The highest BCUT2D eigenvalue weighted by Crippen LogP contribution is 2.24. The third-order valence-electron chi connectivity index (χ3n) is 3.98. The summed E-state index contributed by atoms with van der Waals surface area (Å²) in [7, 11) is 5.59. The van der Waals surface area contributed by atoms with Crippen LogP contribution in [0.25, 0.3) is 0 Å². The Balaban J connectivity index is 2.21. The number of ketones is 1. The van der Waals surface area contributed by atoms with E-state index in [9.17, 15) is 9.18 Å². The normalized spacial score (nSPS) is 12.1. The van der Waals surface area contributed by atoms with E-state index in [1.54, 1.807) is 19.2 Å². The predicted molar refractivity (Wildman–Crippen MR) is 94.3 cm³/mol. The molecule has 0 saturated carbocycles. The number of hydrogen-bond donors (Lipinski definition) is 1. The lowest BCUT2D eigenvalue weighted by Crippen LogP contribution is -2.27. The number of halogens is 1. The van der Waals surface area contributed by atoms with Crippen LogP contribution in [0.2, 0.25) is 0 Å². The van der Waals surface area contributed by atoms with Crippen LogP contribution in [0.4, 0.5) is 10.1 Å². The molecule has 0 aliphatic rings. The molecule has 4 nitrogen and oxygen atoms in total. The zero-order valence-electron chi connectivity index (χ0n) is 14.5. The Labute approximate surface area is 142 Å². The summed E-state index contributed by atoms with van der Waals surface area (Å²) in [6.07, 6.45) is 0. The molecule has 0 amide bonds. The topological polar surface area (TPSA) is 41.6 Å². The van der Waals surface area contributed by atoms with Gasteiger partial charge in [-0.2, -0.15) is 0 Å². The van der Waals surface area contributed by atoms with Gasteiger partial charge in [-0.15, -0.1) is 0 Å². The van der Waals surface area contributed by atoms with Gasteiger partial charge in [-0.3, -0.25) is 4.79 Å². The Kier molecular flexibility index (Phi) is 5.93. The number of carbonyl (C=O) groups is 1. The quantitative estimate of drug-likeness (QED) is 0.785. The van der Waals surface area contributed by atoms with Crippen molar-refractivity contribution >= 4 is 11.5 Å². The van der Waals surface area contributed by atoms with Gasteiger partial charge in [-0.05, 0) is 50.8 Å². The van der Waals surface area contributed by atoms with Crippen molar-refractivity contribution in [3.8, 4) is 5.75 Å². The maximum atomic E-state index is 13.9. The molecule has 0 heterocycles. The van der Waals surface area contributed by atoms with E-state index in [4.69, 9.17) is 4.74 Å². The Morgan fingerprint density at radius 3 is 2.42 bits per heavy atom. The summed E-state index contributed by atoms with van der Waals surface area (Å²) in [5.41, 5.74) is 1.72. The van der Waals surface area contributed by atoms with Gasteiger partial charge in [0.2, 0.25) is 0 Å². The van der Waals surface area contributed by atoms with Gasteiger partial charge in [-0.25, -0.2) is 4.39 Å². The largest absolute Gasteiger partial charge is 0.497 e. The number of rotatable bonds is 7. The van der Waals surface area contributed by atoms with E-state index in [0.29, 0.717) is 12.2 Å². The van der Waals surface area contributed by atoms with Gasteiger partial charge >= 0.3 is 0 Å². The SMILES string of the molecule is COc1ccc(C(CNc2cccc(F)c2C(C)=O)N(C)C)cc1. The smallest absolute Gasteiger partial charge is 0.164 e. The van der Waals surface area contributed by atoms with E-state index in [-0.39, 0.29) is 17.4 Å². The summed E-state index contributed by atoms with van der Waals surface area (Å²) in [5.74, 6) is 0.00742. The molecule has 0 saturated heterocycles. The van der Waals surface area contributed by atoms with Gasteiger partial charge in [0.05, 0.1) is 18.7 Å². The van der Waals surface area contributed by atoms with Crippen LogP contribution in [0.1, 0.15) is 28.9 Å². The third kappa shape index (κ3) is 4.11. The molecular weight excluding hydrogens is 307 g/mol. The maximum Gasteiger partial charge on any atom is 0.164 e. The fourth-order valence-corrected chi connectivity index (χ4v) is 2.66. The third-order valence-corrected chi connectivity index (χ3v) is 3.98. The molecule has 0 aliphatic heterocycles. The van der Waals surface area contributed by atoms with Crippen LogP contribution in [0, 0.1) is 5.82 Å². The molecule has 0 radical (unpaired) electrons. The van der Waals surface area contributed by atoms with Gasteiger partial charge in [0.25, 0.3) is 0 Å². The first-order valence-corrected chi connectivity index (χ1v) is 7.77. The number of hydrogen-bond acceptors (Lipinski definition) is 4. The number of nitrogens with one attached hydrogen (secondary N) is 1. The predicted octanol–water partition coefficient (Wildman–Crippen LogP) is 3.75. The van der Waals surface area contributed by atoms with Crippen molar-refractivity contribution in [2.45, 2.75) is 13.0 Å². The van der Waals surface area contributed by atoms with Crippen molar-refractivity contribution in [2.75, 3.05) is 33.1 Å². The van der Waals surface area contributed by atoms with Crippen molar-refractivity contribution in [3.05, 3.63) is 59.4 Å². The lowest BCUT2D eigenvalue weighted by Gasteiger charge is -2.26. The molecular formula is C19H23FN2O2. The van der Waals surface area contributed by atoms with Crippen molar-refractivity contribution in [2.24, 2.45) is 0 Å². The van der Waals surface area contributed by atoms with E-state index in [2.05, 4.69) is 10.2 Å². The average Bonchev–Trinajstić information content (AvgIpc) is 2.55. The molecule has 0 aromatic heterocycles.